The molecule has 2 fully saturated rings. The summed E-state index contributed by atoms with van der Waals surface area (Å²) in [6.45, 7) is 21.0. The number of aliphatic carboxylic acids is 3. The molecule has 45 heteroatoms. The van der Waals surface area contributed by atoms with E-state index in [-0.39, 0.29) is 106 Å². The number of thiol groups is 1. The maximum Gasteiger partial charge on any atom is 0.326 e. The predicted octanol–water partition coefficient (Wildman–Crippen LogP) is -5.66. The highest BCUT2D eigenvalue weighted by Gasteiger charge is 2.42. The summed E-state index contributed by atoms with van der Waals surface area (Å²) in [5, 5.41) is 90.3. The van der Waals surface area contributed by atoms with Crippen LogP contribution in [-0.4, -0.2) is 291 Å². The van der Waals surface area contributed by atoms with Crippen LogP contribution in [0.2, 0.25) is 0 Å². The number of rotatable bonds is 56. The molecule has 16 amide bonds. The molecular weight excluding hydrogens is 1630 g/mol. The number of aliphatic imine (C=N–C) groups is 1. The number of likely N-dealkylation sites (tertiary alicyclic amines) is 1. The van der Waals surface area contributed by atoms with Gasteiger partial charge in [-0.3, -0.25) is 91.3 Å². The number of amides is 16. The molecule has 0 aromatic carbocycles. The number of nitrogens with zero attached hydrogens (tertiary/aromatic N) is 2. The van der Waals surface area contributed by atoms with Crippen molar-refractivity contribution in [2.24, 2.45) is 52.0 Å². The van der Waals surface area contributed by atoms with E-state index in [4.69, 9.17) is 11.5 Å². The molecule has 2 aliphatic rings. The molecule has 0 aliphatic carbocycles. The van der Waals surface area contributed by atoms with Crippen molar-refractivity contribution in [1.29, 1.82) is 0 Å². The number of guanidine groups is 1. The number of carbonyl (C=O) groups excluding carboxylic acids is 16. The maximum absolute atomic E-state index is 14.5. The molecular formula is C78H134N20O24S. The molecule has 696 valence electrons. The van der Waals surface area contributed by atoms with E-state index in [1.54, 1.807) is 76.2 Å². The van der Waals surface area contributed by atoms with Crippen molar-refractivity contribution in [3.8, 4) is 0 Å². The molecule has 25 N–H and O–H groups in total. The third kappa shape index (κ3) is 40.1. The Morgan fingerprint density at radius 3 is 1.33 bits per heavy atom. The van der Waals surface area contributed by atoms with Crippen molar-refractivity contribution >= 4 is 131 Å². The standard InChI is InChI=1S/C78H134N20O24S/c1-15-42(12)61(75(119)92-52(32-60(105)106)70(114)93-53(31-41(10)11)76(120)98-26-18-21-56(98)77(121)122)96-66(110)47(22-23-59(103)104)86-58(102)34-84-74(118)62(44(14)100)97-71(115)51(30-40(8)9)90-68(112)49(28-38(4)5)88-67(111)48(27-37(2)3)89-69(113)50(29-39(6)7)91-73(117)55(36-123)95-72(116)54(35-99)94-63(107)43(13)85-57(101)33-83-64(108)46(20-17-25-82-78(79)80)87-65(109)45-19-16-24-81-45/h37-56,61-62,81,99-100,123H,15-36H2,1-14H3,(H,83,108)(H,84,118)(H,85,101)(H,86,102)(H,87,109)(H,88,111)(H,89,113)(H,90,112)(H,91,117)(H,92,119)(H,93,114)(H,94,107)(H,95,116)(H,96,110)(H,97,115)(H,103,104)(H,105,106)(H,121,122)(H4,79,80,82)/t42-,43-,44+,45-,46-,47-,48-,49-,50-,51-,52-,53-,54-,55-,56-,61-,62-/m0/s1. The van der Waals surface area contributed by atoms with E-state index >= 15 is 0 Å². The van der Waals surface area contributed by atoms with E-state index in [1.165, 1.54) is 13.8 Å². The second-order valence-electron chi connectivity index (χ2n) is 33.2. The molecule has 44 nitrogen and oxygen atoms in total. The fraction of sp³-hybridized carbons (Fsp3) is 0.744. The highest BCUT2D eigenvalue weighted by atomic mass is 32.1. The van der Waals surface area contributed by atoms with E-state index in [0.29, 0.717) is 19.4 Å². The second-order valence-corrected chi connectivity index (χ2v) is 33.5. The van der Waals surface area contributed by atoms with Gasteiger partial charge in [-0.15, -0.1) is 0 Å². The molecule has 0 aromatic rings. The highest BCUT2D eigenvalue weighted by Crippen LogP contribution is 2.22. The zero-order chi connectivity index (χ0) is 93.4. The van der Waals surface area contributed by atoms with Crippen LogP contribution in [0.15, 0.2) is 4.99 Å². The molecule has 0 aromatic heterocycles. The van der Waals surface area contributed by atoms with Crippen LogP contribution in [0.1, 0.15) is 193 Å². The molecule has 2 saturated heterocycles. The Balaban J connectivity index is 2.28. The predicted molar refractivity (Wildman–Crippen MR) is 449 cm³/mol. The molecule has 0 spiro atoms. The number of aliphatic hydroxyl groups excluding tert-OH is 2. The second kappa shape index (κ2) is 54.8. The van der Waals surface area contributed by atoms with Gasteiger partial charge in [-0.2, -0.15) is 12.6 Å². The summed E-state index contributed by atoms with van der Waals surface area (Å²) in [7, 11) is 0. The van der Waals surface area contributed by atoms with Gasteiger partial charge in [0.25, 0.3) is 0 Å². The third-order valence-electron chi connectivity index (χ3n) is 19.9. The molecule has 17 atom stereocenters. The summed E-state index contributed by atoms with van der Waals surface area (Å²) in [5.41, 5.74) is 10.8. The zero-order valence-electron chi connectivity index (χ0n) is 72.7. The molecule has 123 heavy (non-hydrogen) atoms. The Morgan fingerprint density at radius 2 is 0.878 bits per heavy atom. The number of carboxylic acids is 3. The van der Waals surface area contributed by atoms with Crippen LogP contribution in [0.5, 0.6) is 0 Å². The molecule has 0 saturated carbocycles. The van der Waals surface area contributed by atoms with Gasteiger partial charge >= 0.3 is 17.9 Å². The fourth-order valence-electron chi connectivity index (χ4n) is 13.2. The smallest absolute Gasteiger partial charge is 0.326 e. The van der Waals surface area contributed by atoms with Crippen LogP contribution in [0.3, 0.4) is 0 Å². The number of carbonyl (C=O) groups is 19. The number of nitrogens with two attached hydrogens (primary N) is 2. The first kappa shape index (κ1) is 109. The minimum atomic E-state index is -1.87. The first-order chi connectivity index (χ1) is 57.5. The lowest BCUT2D eigenvalue weighted by atomic mass is 9.96. The normalized spacial score (nSPS) is 17.4. The Morgan fingerprint density at radius 1 is 0.455 bits per heavy atom. The Labute approximate surface area is 721 Å². The highest BCUT2D eigenvalue weighted by molar-refractivity contribution is 7.80. The Kier molecular flexibility index (Phi) is 48.4. The summed E-state index contributed by atoms with van der Waals surface area (Å²) >= 11 is 4.24. The van der Waals surface area contributed by atoms with Gasteiger partial charge in [0.1, 0.15) is 84.6 Å². The van der Waals surface area contributed by atoms with Crippen LogP contribution in [0.25, 0.3) is 0 Å². The monoisotopic (exact) mass is 1770 g/mol. The van der Waals surface area contributed by atoms with Gasteiger partial charge in [-0.05, 0) is 133 Å². The summed E-state index contributed by atoms with van der Waals surface area (Å²) in [5.74, 6) is -22.1. The minimum absolute atomic E-state index is 0.00282. The Hall–Kier alpha value is -10.6. The molecule has 0 unspecified atom stereocenters. The number of hydrogen-bond acceptors (Lipinski definition) is 24. The summed E-state index contributed by atoms with van der Waals surface area (Å²) in [6.07, 6.45) is -1.89. The largest absolute Gasteiger partial charge is 0.481 e. The molecule has 0 radical (unpaired) electrons. The topological polar surface area (TPSA) is 686 Å². The average molecular weight is 1770 g/mol. The van der Waals surface area contributed by atoms with Gasteiger partial charge < -0.3 is 127 Å². The van der Waals surface area contributed by atoms with E-state index in [9.17, 15) is 117 Å². The van der Waals surface area contributed by atoms with E-state index in [1.807, 2.05) is 0 Å². The number of hydrogen-bond donors (Lipinski definition) is 24. The summed E-state index contributed by atoms with van der Waals surface area (Å²) in [6, 6.07) is -21.4. The first-order valence-corrected chi connectivity index (χ1v) is 42.3. The SMILES string of the molecule is CC[C@H](C)[C@H](NC(=O)[C@H](CCC(=O)O)NC(=O)CNC(=O)[C@@H](NC(=O)[C@H](CC(C)C)NC(=O)[C@H](CC(C)C)NC(=O)[C@H](CC(C)C)NC(=O)[C@H](CC(C)C)NC(=O)[C@H](CS)NC(=O)[C@H](CO)NC(=O)[C@H](C)NC(=O)CNC(=O)[C@H](CCCN=C(N)N)NC(=O)[C@@H]1CCCN1)[C@@H](C)O)C(=O)N[C@@H](CC(=O)O)C(=O)N[C@@H](CC(C)C)C(=O)N1CCC[C@H]1C(=O)O. The lowest BCUT2D eigenvalue weighted by molar-refractivity contribution is -0.150. The van der Waals surface area contributed by atoms with Gasteiger partial charge in [0.05, 0.1) is 38.3 Å². The zero-order valence-corrected chi connectivity index (χ0v) is 73.6. The Bertz CT molecular complexity index is 3650. The fourth-order valence-corrected chi connectivity index (χ4v) is 13.5. The van der Waals surface area contributed by atoms with E-state index in [0.717, 1.165) is 18.2 Å². The van der Waals surface area contributed by atoms with Crippen molar-refractivity contribution in [1.82, 2.24) is 90.0 Å². The van der Waals surface area contributed by atoms with Crippen molar-refractivity contribution < 1.29 is 117 Å². The van der Waals surface area contributed by atoms with Crippen molar-refractivity contribution in [2.45, 2.75) is 290 Å². The van der Waals surface area contributed by atoms with Crippen molar-refractivity contribution in [2.75, 3.05) is 45.1 Å². The summed E-state index contributed by atoms with van der Waals surface area (Å²) in [4.78, 5) is 262. The van der Waals surface area contributed by atoms with Gasteiger partial charge in [-0.1, -0.05) is 89.5 Å². The lowest BCUT2D eigenvalue weighted by Gasteiger charge is -2.30. The first-order valence-electron chi connectivity index (χ1n) is 41.7. The van der Waals surface area contributed by atoms with Crippen LogP contribution >= 0.6 is 12.6 Å². The van der Waals surface area contributed by atoms with Gasteiger partial charge in [0.15, 0.2) is 5.96 Å². The van der Waals surface area contributed by atoms with Crippen molar-refractivity contribution in [3.63, 3.8) is 0 Å². The van der Waals surface area contributed by atoms with Gasteiger partial charge in [0.2, 0.25) is 94.5 Å². The minimum Gasteiger partial charge on any atom is -0.481 e. The number of aliphatic hydroxyl groups is 2. The molecule has 2 rings (SSSR count). The van der Waals surface area contributed by atoms with E-state index < -0.39 is 260 Å². The quantitative estimate of drug-likeness (QED) is 0.0117. The molecule has 2 aliphatic heterocycles. The lowest BCUT2D eigenvalue weighted by Crippen LogP contribution is -2.61. The third-order valence-corrected chi connectivity index (χ3v) is 20.2. The van der Waals surface area contributed by atoms with Gasteiger partial charge in [0, 0.05) is 25.3 Å². The van der Waals surface area contributed by atoms with Crippen LogP contribution in [0.4, 0.5) is 0 Å². The maximum atomic E-state index is 14.5. The van der Waals surface area contributed by atoms with Crippen LogP contribution < -0.4 is 96.5 Å². The summed E-state index contributed by atoms with van der Waals surface area (Å²) < 4.78 is 0. The average Bonchev–Trinajstić information content (AvgIpc) is 1.75. The number of carboxylic acid groups (broad SMARTS) is 3. The molecule has 0 bridgehead atoms. The van der Waals surface area contributed by atoms with E-state index in [2.05, 4.69) is 103 Å². The van der Waals surface area contributed by atoms with Gasteiger partial charge in [-0.25, -0.2) is 4.79 Å². The molecule has 2 heterocycles. The van der Waals surface area contributed by atoms with Crippen LogP contribution in [0, 0.1) is 35.5 Å². The van der Waals surface area contributed by atoms with Crippen LogP contribution in [-0.2, 0) is 91.1 Å². The van der Waals surface area contributed by atoms with Crippen molar-refractivity contribution in [3.05, 3.63) is 0 Å². The number of nitrogens with one attached hydrogen (secondary N) is 16.